The molecule has 2 heteroatoms. The summed E-state index contributed by atoms with van der Waals surface area (Å²) in [6.07, 6.45) is 0.386. The molecule has 0 fully saturated rings. The highest BCUT2D eigenvalue weighted by Gasteiger charge is 2.08. The quantitative estimate of drug-likeness (QED) is 0.512. The van der Waals surface area contributed by atoms with Crippen LogP contribution in [0.25, 0.3) is 0 Å². The van der Waals surface area contributed by atoms with Crippen molar-refractivity contribution in [2.45, 2.75) is 41.0 Å². The van der Waals surface area contributed by atoms with Crippen LogP contribution in [0.1, 0.15) is 41.0 Å². The minimum Gasteiger partial charge on any atom is -0.466 e. The third kappa shape index (κ3) is 7.67. The molecule has 0 N–H and O–H groups in total. The van der Waals surface area contributed by atoms with E-state index in [-0.39, 0.29) is 17.3 Å². The zero-order valence-corrected chi connectivity index (χ0v) is 9.81. The Labute approximate surface area is 87.0 Å². The summed E-state index contributed by atoms with van der Waals surface area (Å²) < 4.78 is 4.84. The van der Waals surface area contributed by atoms with Gasteiger partial charge >= 0.3 is 5.97 Å². The van der Waals surface area contributed by atoms with Crippen molar-refractivity contribution in [1.29, 1.82) is 0 Å². The maximum Gasteiger partial charge on any atom is 0.307 e. The Morgan fingerprint density at radius 2 is 2.00 bits per heavy atom. The van der Waals surface area contributed by atoms with Crippen molar-refractivity contribution >= 4 is 5.97 Å². The minimum atomic E-state index is -0.164. The van der Waals surface area contributed by atoms with Gasteiger partial charge in [0.15, 0.2) is 0 Å². The molecule has 0 heterocycles. The zero-order valence-electron chi connectivity index (χ0n) is 9.81. The average Bonchev–Trinajstić information content (AvgIpc) is 2.00. The standard InChI is InChI=1S/C12H20O2/c1-6-14-11(13)9-10(2)7-8-12(3,4)5/h10H,6,9H2,1-5H3. The summed E-state index contributed by atoms with van der Waals surface area (Å²) in [5.74, 6) is 6.09. The molecule has 80 valence electrons. The fourth-order valence-electron chi connectivity index (χ4n) is 0.861. The van der Waals surface area contributed by atoms with E-state index in [2.05, 4.69) is 32.6 Å². The molecule has 0 bridgehead atoms. The lowest BCUT2D eigenvalue weighted by Crippen LogP contribution is -2.09. The summed E-state index contributed by atoms with van der Waals surface area (Å²) in [6, 6.07) is 0. The van der Waals surface area contributed by atoms with Crippen LogP contribution in [0.4, 0.5) is 0 Å². The number of carbonyl (C=O) groups excluding carboxylic acids is 1. The third-order valence-electron chi connectivity index (χ3n) is 1.47. The lowest BCUT2D eigenvalue weighted by atomic mass is 9.96. The number of rotatable bonds is 3. The monoisotopic (exact) mass is 196 g/mol. The van der Waals surface area contributed by atoms with Crippen LogP contribution in [-0.2, 0) is 9.53 Å². The van der Waals surface area contributed by atoms with Crippen molar-refractivity contribution in [3.05, 3.63) is 0 Å². The molecule has 0 saturated heterocycles. The highest BCUT2D eigenvalue weighted by Crippen LogP contribution is 2.11. The molecule has 0 radical (unpaired) electrons. The lowest BCUT2D eigenvalue weighted by Gasteiger charge is -2.09. The SMILES string of the molecule is CCOC(=O)CC(C)C#CC(C)(C)C. The molecule has 0 aromatic rings. The number of hydrogen-bond acceptors (Lipinski definition) is 2. The summed E-state index contributed by atoms with van der Waals surface area (Å²) >= 11 is 0. The van der Waals surface area contributed by atoms with Crippen LogP contribution in [-0.4, -0.2) is 12.6 Å². The van der Waals surface area contributed by atoms with E-state index in [1.165, 1.54) is 0 Å². The maximum atomic E-state index is 11.1. The molecule has 0 aliphatic carbocycles. The Hall–Kier alpha value is -0.970. The number of esters is 1. The molecular weight excluding hydrogens is 176 g/mol. The van der Waals surface area contributed by atoms with Gasteiger partial charge in [-0.25, -0.2) is 0 Å². The van der Waals surface area contributed by atoms with Gasteiger partial charge in [0.25, 0.3) is 0 Å². The molecule has 0 amide bonds. The van der Waals surface area contributed by atoms with Gasteiger partial charge in [-0.1, -0.05) is 18.8 Å². The van der Waals surface area contributed by atoms with Gasteiger partial charge in [-0.3, -0.25) is 4.79 Å². The second-order valence-corrected chi connectivity index (χ2v) is 4.43. The Kier molecular flexibility index (Phi) is 5.30. The number of ether oxygens (including phenoxy) is 1. The molecule has 0 spiro atoms. The van der Waals surface area contributed by atoms with E-state index in [9.17, 15) is 4.79 Å². The Bertz CT molecular complexity index is 237. The minimum absolute atomic E-state index is 0.00290. The Morgan fingerprint density at radius 1 is 1.43 bits per heavy atom. The molecule has 0 aliphatic heterocycles. The topological polar surface area (TPSA) is 26.3 Å². The van der Waals surface area contributed by atoms with Crippen molar-refractivity contribution in [2.24, 2.45) is 11.3 Å². The second kappa shape index (κ2) is 5.70. The van der Waals surface area contributed by atoms with E-state index in [1.807, 2.05) is 13.8 Å². The van der Waals surface area contributed by atoms with Crippen LogP contribution < -0.4 is 0 Å². The molecule has 14 heavy (non-hydrogen) atoms. The van der Waals surface area contributed by atoms with E-state index < -0.39 is 0 Å². The van der Waals surface area contributed by atoms with E-state index in [0.717, 1.165) is 0 Å². The maximum absolute atomic E-state index is 11.1. The van der Waals surface area contributed by atoms with Gasteiger partial charge in [0.05, 0.1) is 13.0 Å². The molecular formula is C12H20O2. The van der Waals surface area contributed by atoms with Gasteiger partial charge in [0.1, 0.15) is 0 Å². The van der Waals surface area contributed by atoms with Crippen LogP contribution in [0.5, 0.6) is 0 Å². The second-order valence-electron chi connectivity index (χ2n) is 4.43. The Balaban J connectivity index is 4.02. The summed E-state index contributed by atoms with van der Waals surface area (Å²) in [5.41, 5.74) is 0.00290. The highest BCUT2D eigenvalue weighted by molar-refractivity contribution is 5.70. The summed E-state index contributed by atoms with van der Waals surface area (Å²) in [4.78, 5) is 11.1. The third-order valence-corrected chi connectivity index (χ3v) is 1.47. The Morgan fingerprint density at radius 3 is 2.43 bits per heavy atom. The van der Waals surface area contributed by atoms with E-state index in [1.54, 1.807) is 0 Å². The van der Waals surface area contributed by atoms with E-state index in [0.29, 0.717) is 13.0 Å². The first kappa shape index (κ1) is 13.0. The molecule has 2 nitrogen and oxygen atoms in total. The van der Waals surface area contributed by atoms with Gasteiger partial charge < -0.3 is 4.74 Å². The van der Waals surface area contributed by atoms with Crippen LogP contribution in [0.15, 0.2) is 0 Å². The van der Waals surface area contributed by atoms with Gasteiger partial charge in [0, 0.05) is 11.3 Å². The van der Waals surface area contributed by atoms with Gasteiger partial charge in [-0.2, -0.15) is 0 Å². The molecule has 0 aromatic heterocycles. The lowest BCUT2D eigenvalue weighted by molar-refractivity contribution is -0.143. The van der Waals surface area contributed by atoms with Crippen molar-refractivity contribution < 1.29 is 9.53 Å². The van der Waals surface area contributed by atoms with Crippen molar-refractivity contribution in [3.8, 4) is 11.8 Å². The van der Waals surface area contributed by atoms with Crippen molar-refractivity contribution in [1.82, 2.24) is 0 Å². The van der Waals surface area contributed by atoms with E-state index >= 15 is 0 Å². The number of hydrogen-bond donors (Lipinski definition) is 0. The predicted octanol–water partition coefficient (Wildman–Crippen LogP) is 2.63. The van der Waals surface area contributed by atoms with Crippen LogP contribution in [0.3, 0.4) is 0 Å². The summed E-state index contributed by atoms with van der Waals surface area (Å²) in [5, 5.41) is 0. The first-order chi connectivity index (χ1) is 6.35. The van der Waals surface area contributed by atoms with Gasteiger partial charge in [0.2, 0.25) is 0 Å². The molecule has 0 aromatic carbocycles. The molecule has 1 atom stereocenters. The van der Waals surface area contributed by atoms with Crippen molar-refractivity contribution in [2.75, 3.05) is 6.61 Å². The summed E-state index contributed by atoms with van der Waals surface area (Å²) in [7, 11) is 0. The molecule has 0 aliphatic rings. The smallest absolute Gasteiger partial charge is 0.307 e. The van der Waals surface area contributed by atoms with Crippen LogP contribution in [0, 0.1) is 23.2 Å². The average molecular weight is 196 g/mol. The fraction of sp³-hybridized carbons (Fsp3) is 0.750. The first-order valence-corrected chi connectivity index (χ1v) is 5.03. The van der Waals surface area contributed by atoms with Crippen LogP contribution >= 0.6 is 0 Å². The number of carbonyl (C=O) groups is 1. The zero-order chi connectivity index (χ0) is 11.2. The predicted molar refractivity (Wildman–Crippen MR) is 57.6 cm³/mol. The van der Waals surface area contributed by atoms with Gasteiger partial charge in [-0.15, -0.1) is 0 Å². The van der Waals surface area contributed by atoms with Crippen molar-refractivity contribution in [3.63, 3.8) is 0 Å². The van der Waals surface area contributed by atoms with E-state index in [4.69, 9.17) is 4.74 Å². The first-order valence-electron chi connectivity index (χ1n) is 5.03. The molecule has 0 rings (SSSR count). The van der Waals surface area contributed by atoms with Gasteiger partial charge in [-0.05, 0) is 27.7 Å². The normalized spacial score (nSPS) is 12.6. The molecule has 1 unspecified atom stereocenters. The summed E-state index contributed by atoms with van der Waals surface area (Å²) in [6.45, 7) is 10.3. The van der Waals surface area contributed by atoms with Crippen LogP contribution in [0.2, 0.25) is 0 Å². The largest absolute Gasteiger partial charge is 0.466 e. The fourth-order valence-corrected chi connectivity index (χ4v) is 0.861. The molecule has 0 saturated carbocycles. The highest BCUT2D eigenvalue weighted by atomic mass is 16.5.